The predicted octanol–water partition coefficient (Wildman–Crippen LogP) is 2.28. The summed E-state index contributed by atoms with van der Waals surface area (Å²) in [6.07, 6.45) is 3.10. The summed E-state index contributed by atoms with van der Waals surface area (Å²) in [5, 5.41) is 34.3. The predicted molar refractivity (Wildman–Crippen MR) is 127 cm³/mol. The highest BCUT2D eigenvalue weighted by Crippen LogP contribution is 2.32. The van der Waals surface area contributed by atoms with Crippen molar-refractivity contribution in [2.45, 2.75) is 31.5 Å². The van der Waals surface area contributed by atoms with Crippen molar-refractivity contribution in [1.82, 2.24) is 29.8 Å². The van der Waals surface area contributed by atoms with E-state index >= 15 is 0 Å². The number of imidazole rings is 1. The summed E-state index contributed by atoms with van der Waals surface area (Å²) in [6, 6.07) is 5.92. The summed E-state index contributed by atoms with van der Waals surface area (Å²) in [4.78, 5) is 14.5. The van der Waals surface area contributed by atoms with Crippen LogP contribution in [-0.2, 0) is 6.54 Å². The van der Waals surface area contributed by atoms with Gasteiger partial charge in [-0.25, -0.2) is 4.98 Å². The molecule has 11 nitrogen and oxygen atoms in total. The Morgan fingerprint density at radius 2 is 2.24 bits per heavy atom. The molecule has 12 heteroatoms. The van der Waals surface area contributed by atoms with E-state index < -0.39 is 6.10 Å². The lowest BCUT2D eigenvalue weighted by atomic mass is 10.1. The second kappa shape index (κ2) is 9.41. The number of aromatic nitrogens is 4. The Hall–Kier alpha value is -3.48. The number of nitrogens with zero attached hydrogens (tertiary/aromatic N) is 7. The van der Waals surface area contributed by atoms with Crippen LogP contribution >= 0.6 is 11.6 Å². The van der Waals surface area contributed by atoms with Gasteiger partial charge in [0.1, 0.15) is 0 Å². The van der Waals surface area contributed by atoms with E-state index in [9.17, 15) is 10.4 Å². The van der Waals surface area contributed by atoms with Crippen molar-refractivity contribution in [3.8, 4) is 6.07 Å². The lowest BCUT2D eigenvalue weighted by Gasteiger charge is -2.22. The molecule has 1 aliphatic carbocycles. The highest BCUT2D eigenvalue weighted by atomic mass is 35.5. The molecule has 1 aromatic carbocycles. The third-order valence-corrected chi connectivity index (χ3v) is 6.19. The number of fused-ring (bicyclic) bond motifs is 1. The van der Waals surface area contributed by atoms with Crippen molar-refractivity contribution < 1.29 is 5.11 Å². The molecule has 5 rings (SSSR count). The maximum absolute atomic E-state index is 10.1. The van der Waals surface area contributed by atoms with Crippen molar-refractivity contribution in [1.29, 1.82) is 5.26 Å². The van der Waals surface area contributed by atoms with Crippen LogP contribution in [0.25, 0.3) is 10.5 Å². The van der Waals surface area contributed by atoms with E-state index in [4.69, 9.17) is 18.2 Å². The quantitative estimate of drug-likeness (QED) is 0.394. The number of hydrogen-bond acceptors (Lipinski definition) is 9. The molecule has 1 aliphatic heterocycles. The second-order valence-corrected chi connectivity index (χ2v) is 8.87. The van der Waals surface area contributed by atoms with E-state index in [2.05, 4.69) is 46.8 Å². The summed E-state index contributed by atoms with van der Waals surface area (Å²) >= 11 is 6.76. The SMILES string of the molecule is [C-]#[N+]c1cnc2c(NC3CC3)nc(Nc3cc(C#N)cc(CN4CCNCC(O)C4)c3Cl)nn12. The summed E-state index contributed by atoms with van der Waals surface area (Å²) in [6.45, 7) is 10.5. The van der Waals surface area contributed by atoms with Crippen LogP contribution in [0.4, 0.5) is 23.3 Å². The molecule has 0 radical (unpaired) electrons. The fourth-order valence-corrected chi connectivity index (χ4v) is 4.15. The lowest BCUT2D eigenvalue weighted by molar-refractivity contribution is 0.127. The van der Waals surface area contributed by atoms with E-state index in [1.165, 1.54) is 10.7 Å². The number of aliphatic hydroxyl groups excluding tert-OH is 1. The molecule has 0 bridgehead atoms. The molecule has 2 fully saturated rings. The van der Waals surface area contributed by atoms with Crippen LogP contribution in [0.15, 0.2) is 18.3 Å². The van der Waals surface area contributed by atoms with Gasteiger partial charge in [0.05, 0.1) is 34.6 Å². The van der Waals surface area contributed by atoms with E-state index in [1.807, 2.05) is 0 Å². The Morgan fingerprint density at radius 3 is 3.00 bits per heavy atom. The first kappa shape index (κ1) is 22.3. The van der Waals surface area contributed by atoms with E-state index in [0.717, 1.165) is 31.5 Å². The maximum Gasteiger partial charge on any atom is 0.275 e. The van der Waals surface area contributed by atoms with Gasteiger partial charge in [0, 0.05) is 38.8 Å². The third-order valence-electron chi connectivity index (χ3n) is 5.75. The van der Waals surface area contributed by atoms with Crippen molar-refractivity contribution in [2.75, 3.05) is 36.8 Å². The number of anilines is 3. The Bertz CT molecular complexity index is 1310. The summed E-state index contributed by atoms with van der Waals surface area (Å²) in [5.41, 5.74) is 2.18. The minimum atomic E-state index is -0.470. The number of aliphatic hydroxyl groups is 1. The number of benzene rings is 1. The average molecular weight is 479 g/mol. The first-order valence-electron chi connectivity index (χ1n) is 11.0. The molecule has 1 saturated carbocycles. The molecule has 2 aromatic heterocycles. The standard InChI is InChI=1S/C22H23ClN10O/c1-25-18-10-27-21-20(28-15-2-3-15)30-22(31-33(18)21)29-17-7-13(8-24)6-14(19(17)23)11-32-5-4-26-9-16(34)12-32/h6-7,10,15-16,26,34H,2-5,9,11-12H2,(H2,28,29,30,31). The second-order valence-electron chi connectivity index (χ2n) is 8.49. The van der Waals surface area contributed by atoms with Crippen LogP contribution in [0.5, 0.6) is 0 Å². The summed E-state index contributed by atoms with van der Waals surface area (Å²) in [5.74, 6) is 1.04. The first-order valence-corrected chi connectivity index (χ1v) is 11.4. The average Bonchev–Trinajstić information content (AvgIpc) is 3.58. The molecule has 34 heavy (non-hydrogen) atoms. The molecule has 4 N–H and O–H groups in total. The summed E-state index contributed by atoms with van der Waals surface area (Å²) < 4.78 is 1.45. The van der Waals surface area contributed by atoms with Gasteiger partial charge in [-0.05, 0) is 30.5 Å². The first-order chi connectivity index (χ1) is 16.5. The van der Waals surface area contributed by atoms with Gasteiger partial charge in [-0.1, -0.05) is 23.3 Å². The van der Waals surface area contributed by atoms with Crippen molar-refractivity contribution in [3.63, 3.8) is 0 Å². The number of nitrogens with one attached hydrogen (secondary N) is 3. The molecule has 3 heterocycles. The molecular weight excluding hydrogens is 456 g/mol. The monoisotopic (exact) mass is 478 g/mol. The largest absolute Gasteiger partial charge is 0.390 e. The smallest absolute Gasteiger partial charge is 0.275 e. The fourth-order valence-electron chi connectivity index (χ4n) is 3.94. The minimum Gasteiger partial charge on any atom is -0.390 e. The molecule has 0 amide bonds. The van der Waals surface area contributed by atoms with Gasteiger partial charge in [0.15, 0.2) is 5.82 Å². The number of hydrogen-bond donors (Lipinski definition) is 4. The number of nitriles is 1. The van der Waals surface area contributed by atoms with Gasteiger partial charge in [-0.15, -0.1) is 4.52 Å². The number of halogens is 1. The van der Waals surface area contributed by atoms with Gasteiger partial charge < -0.3 is 25.9 Å². The number of β-amino-alcohol motifs (C(OH)–C–C–N with tert-alkyl or cyclic N) is 1. The molecular formula is C22H23ClN10O. The van der Waals surface area contributed by atoms with Crippen molar-refractivity contribution in [2.24, 2.45) is 0 Å². The van der Waals surface area contributed by atoms with Crippen LogP contribution in [-0.4, -0.2) is 67.9 Å². The van der Waals surface area contributed by atoms with E-state index in [-0.39, 0.29) is 11.8 Å². The zero-order valence-corrected chi connectivity index (χ0v) is 19.0. The zero-order valence-electron chi connectivity index (χ0n) is 18.3. The highest BCUT2D eigenvalue weighted by Gasteiger charge is 2.26. The van der Waals surface area contributed by atoms with E-state index in [0.29, 0.717) is 53.4 Å². The molecule has 1 unspecified atom stereocenters. The van der Waals surface area contributed by atoms with Crippen molar-refractivity contribution in [3.05, 3.63) is 45.9 Å². The van der Waals surface area contributed by atoms with Gasteiger partial charge in [-0.2, -0.15) is 10.2 Å². The Kier molecular flexibility index (Phi) is 6.18. The van der Waals surface area contributed by atoms with Gasteiger partial charge in [0.2, 0.25) is 0 Å². The van der Waals surface area contributed by atoms with Gasteiger partial charge in [0.25, 0.3) is 17.4 Å². The molecule has 2 aliphatic rings. The van der Waals surface area contributed by atoms with Crippen LogP contribution in [0.2, 0.25) is 5.02 Å². The topological polar surface area (TPSA) is 131 Å². The van der Waals surface area contributed by atoms with Gasteiger partial charge in [-0.3, -0.25) is 4.90 Å². The molecule has 0 spiro atoms. The molecule has 3 aromatic rings. The Labute approximate surface area is 201 Å². The van der Waals surface area contributed by atoms with E-state index in [1.54, 1.807) is 12.1 Å². The number of rotatable bonds is 6. The van der Waals surface area contributed by atoms with Crippen LogP contribution in [0.1, 0.15) is 24.0 Å². The Morgan fingerprint density at radius 1 is 1.38 bits per heavy atom. The molecule has 1 atom stereocenters. The summed E-state index contributed by atoms with van der Waals surface area (Å²) in [7, 11) is 0. The normalized spacial score (nSPS) is 18.8. The van der Waals surface area contributed by atoms with Crippen LogP contribution < -0.4 is 16.0 Å². The third kappa shape index (κ3) is 4.74. The molecule has 1 saturated heterocycles. The highest BCUT2D eigenvalue weighted by molar-refractivity contribution is 6.34. The Balaban J connectivity index is 1.48. The van der Waals surface area contributed by atoms with Gasteiger partial charge >= 0.3 is 0 Å². The lowest BCUT2D eigenvalue weighted by Crippen LogP contribution is -2.32. The zero-order chi connectivity index (χ0) is 23.7. The van der Waals surface area contributed by atoms with Crippen LogP contribution in [0, 0.1) is 17.9 Å². The fraction of sp³-hybridized carbons (Fsp3) is 0.409. The van der Waals surface area contributed by atoms with Crippen LogP contribution in [0.3, 0.4) is 0 Å². The minimum absolute atomic E-state index is 0.232. The van der Waals surface area contributed by atoms with Crippen molar-refractivity contribution >= 4 is 40.5 Å². The maximum atomic E-state index is 10.1. The molecule has 174 valence electrons.